The SMILES string of the molecule is C[C@@H]1CC[C@H]2[C@@H](C)C(CC3(CC4OC5O[C@]6(C)CC[C@H]7[C@H](C)CC[C@@H]([C@H]4C)C57OO6)CO3)OC3O[C@]4(C)CCC1C32OO4. The van der Waals surface area contributed by atoms with E-state index in [1.165, 1.54) is 12.8 Å². The van der Waals surface area contributed by atoms with Crippen LogP contribution in [0.1, 0.15) is 106 Å². The molecule has 9 heteroatoms. The maximum absolute atomic E-state index is 6.97. The summed E-state index contributed by atoms with van der Waals surface area (Å²) >= 11 is 0. The Morgan fingerprint density at radius 3 is 1.42 bits per heavy atom. The zero-order chi connectivity index (χ0) is 29.6. The molecule has 4 bridgehead atoms. The van der Waals surface area contributed by atoms with Gasteiger partial charge in [0.25, 0.3) is 0 Å². The molecule has 0 radical (unpaired) electrons. The average molecular weight is 605 g/mol. The van der Waals surface area contributed by atoms with Gasteiger partial charge in [-0.1, -0.05) is 27.7 Å². The Morgan fingerprint density at radius 2 is 1.00 bits per heavy atom. The van der Waals surface area contributed by atoms with Crippen LogP contribution < -0.4 is 0 Å². The summed E-state index contributed by atoms with van der Waals surface area (Å²) in [5, 5.41) is 0. The van der Waals surface area contributed by atoms with Gasteiger partial charge < -0.3 is 23.7 Å². The van der Waals surface area contributed by atoms with E-state index < -0.39 is 35.4 Å². The van der Waals surface area contributed by atoms with Gasteiger partial charge in [0.05, 0.1) is 24.4 Å². The lowest BCUT2D eigenvalue weighted by Gasteiger charge is -2.61. The maximum Gasteiger partial charge on any atom is 0.201 e. The van der Waals surface area contributed by atoms with E-state index in [4.69, 9.17) is 43.2 Å². The van der Waals surface area contributed by atoms with Crippen LogP contribution in [-0.2, 0) is 43.2 Å². The molecule has 43 heavy (non-hydrogen) atoms. The van der Waals surface area contributed by atoms with Crippen molar-refractivity contribution in [3.05, 3.63) is 0 Å². The standard InChI is InChI=1S/C34H52O9/c1-18-7-9-24-20(3)26(36-28-33(24)22(18)11-13-30(5,38-28)40-42-33)15-32(17-35-32)16-27-21(4)25-10-8-19(2)23-12-14-31(6)39-29(37-27)34(23,25)43-41-31/h18-29H,7-17H2,1-6H3/t18-,19-,20-,21-,22+,23?,24+,25+,26?,27?,28?,29?,30+,31+,32?,33?,34?/m1/s1. The lowest BCUT2D eigenvalue weighted by molar-refractivity contribution is -0.571. The van der Waals surface area contributed by atoms with Crippen molar-refractivity contribution in [1.29, 1.82) is 0 Å². The molecule has 0 aromatic heterocycles. The minimum atomic E-state index is -0.756. The minimum Gasteiger partial charge on any atom is -0.369 e. The van der Waals surface area contributed by atoms with Crippen molar-refractivity contribution < 1.29 is 43.2 Å². The Labute approximate surface area is 256 Å². The van der Waals surface area contributed by atoms with Crippen molar-refractivity contribution in [2.45, 2.75) is 159 Å². The average Bonchev–Trinajstić information content (AvgIpc) is 3.79. The van der Waals surface area contributed by atoms with Crippen LogP contribution in [-0.4, -0.2) is 59.8 Å². The second kappa shape index (κ2) is 9.38. The van der Waals surface area contributed by atoms with Gasteiger partial charge in [-0.25, -0.2) is 19.6 Å². The first-order valence-electron chi connectivity index (χ1n) is 17.5. The predicted octanol–water partition coefficient (Wildman–Crippen LogP) is 6.04. The first-order chi connectivity index (χ1) is 20.5. The van der Waals surface area contributed by atoms with Crippen LogP contribution in [0.2, 0.25) is 0 Å². The zero-order valence-electron chi connectivity index (χ0n) is 26.9. The highest BCUT2D eigenvalue weighted by Crippen LogP contribution is 2.63. The van der Waals surface area contributed by atoms with E-state index in [0.29, 0.717) is 47.3 Å². The lowest BCUT2D eigenvalue weighted by Crippen LogP contribution is -2.71. The fourth-order valence-electron chi connectivity index (χ4n) is 11.6. The van der Waals surface area contributed by atoms with Crippen molar-refractivity contribution in [3.8, 4) is 0 Å². The van der Waals surface area contributed by atoms with Gasteiger partial charge in [0, 0.05) is 37.5 Å². The molecule has 2 aliphatic carbocycles. The summed E-state index contributed by atoms with van der Waals surface area (Å²) in [6.07, 6.45) is 9.30. The third kappa shape index (κ3) is 3.95. The quantitative estimate of drug-likeness (QED) is 0.282. The molecule has 0 amide bonds. The summed E-state index contributed by atoms with van der Waals surface area (Å²) in [4.78, 5) is 24.8. The number of ether oxygens (including phenoxy) is 5. The summed E-state index contributed by atoms with van der Waals surface area (Å²) in [6.45, 7) is 14.2. The smallest absolute Gasteiger partial charge is 0.201 e. The number of epoxide rings is 1. The third-order valence-corrected chi connectivity index (χ3v) is 14.3. The lowest BCUT2D eigenvalue weighted by atomic mass is 9.56. The van der Waals surface area contributed by atoms with Crippen molar-refractivity contribution in [2.24, 2.45) is 47.3 Å². The molecular formula is C34H52O9. The highest BCUT2D eigenvalue weighted by molar-refractivity contribution is 5.13. The van der Waals surface area contributed by atoms with E-state index in [1.54, 1.807) is 0 Å². The van der Waals surface area contributed by atoms with Gasteiger partial charge in [-0.2, -0.15) is 0 Å². The predicted molar refractivity (Wildman–Crippen MR) is 152 cm³/mol. The first kappa shape index (κ1) is 28.8. The van der Waals surface area contributed by atoms with Crippen LogP contribution in [0.3, 0.4) is 0 Å². The van der Waals surface area contributed by atoms with Crippen LogP contribution in [0.4, 0.5) is 0 Å². The molecule has 11 fully saturated rings. The summed E-state index contributed by atoms with van der Waals surface area (Å²) in [6, 6.07) is 0. The second-order valence-electron chi connectivity index (χ2n) is 16.8. The fourth-order valence-corrected chi connectivity index (χ4v) is 11.6. The van der Waals surface area contributed by atoms with Gasteiger partial charge in [-0.3, -0.25) is 0 Å². The fraction of sp³-hybridized carbons (Fsp3) is 1.00. The molecule has 0 aromatic carbocycles. The third-order valence-electron chi connectivity index (χ3n) is 14.3. The summed E-state index contributed by atoms with van der Waals surface area (Å²) in [5.74, 6) is 1.64. The minimum absolute atomic E-state index is 0.0228. The molecule has 2 spiro atoms. The van der Waals surface area contributed by atoms with Gasteiger partial charge in [-0.15, -0.1) is 0 Å². The highest BCUT2D eigenvalue weighted by atomic mass is 17.3. The largest absolute Gasteiger partial charge is 0.369 e. The van der Waals surface area contributed by atoms with Crippen LogP contribution in [0.25, 0.3) is 0 Å². The second-order valence-corrected chi connectivity index (χ2v) is 16.8. The molecule has 0 N–H and O–H groups in total. The van der Waals surface area contributed by atoms with E-state index in [0.717, 1.165) is 58.0 Å². The summed E-state index contributed by atoms with van der Waals surface area (Å²) < 4.78 is 33.6. The number of hydrogen-bond acceptors (Lipinski definition) is 9. The van der Waals surface area contributed by atoms with E-state index >= 15 is 0 Å². The molecule has 0 aromatic rings. The van der Waals surface area contributed by atoms with E-state index in [-0.39, 0.29) is 17.8 Å². The zero-order valence-corrected chi connectivity index (χ0v) is 26.9. The maximum atomic E-state index is 6.97. The van der Waals surface area contributed by atoms with Crippen LogP contribution in [0, 0.1) is 47.3 Å². The Hall–Kier alpha value is -0.360. The van der Waals surface area contributed by atoms with Crippen molar-refractivity contribution in [2.75, 3.05) is 6.61 Å². The summed E-state index contributed by atoms with van der Waals surface area (Å²) in [7, 11) is 0. The van der Waals surface area contributed by atoms with E-state index in [2.05, 4.69) is 27.7 Å². The number of hydrogen-bond donors (Lipinski definition) is 0. The van der Waals surface area contributed by atoms with Gasteiger partial charge in [0.1, 0.15) is 0 Å². The van der Waals surface area contributed by atoms with Crippen LogP contribution >= 0.6 is 0 Å². The molecular weight excluding hydrogens is 552 g/mol. The van der Waals surface area contributed by atoms with E-state index in [9.17, 15) is 0 Å². The Balaban J connectivity index is 0.965. The molecule has 11 aliphatic rings. The highest BCUT2D eigenvalue weighted by Gasteiger charge is 2.72. The van der Waals surface area contributed by atoms with Gasteiger partial charge in [0.15, 0.2) is 23.8 Å². The van der Waals surface area contributed by atoms with Crippen molar-refractivity contribution in [1.82, 2.24) is 0 Å². The molecule has 11 rings (SSSR count). The molecule has 9 saturated heterocycles. The van der Waals surface area contributed by atoms with Crippen LogP contribution in [0.5, 0.6) is 0 Å². The number of fused-ring (bicyclic) bond motifs is 4. The van der Waals surface area contributed by atoms with Crippen molar-refractivity contribution in [3.63, 3.8) is 0 Å². The van der Waals surface area contributed by atoms with Crippen molar-refractivity contribution >= 4 is 0 Å². The Morgan fingerprint density at radius 1 is 0.558 bits per heavy atom. The van der Waals surface area contributed by atoms with Gasteiger partial charge >= 0.3 is 0 Å². The Kier molecular flexibility index (Phi) is 6.29. The molecule has 9 heterocycles. The molecule has 2 saturated carbocycles. The van der Waals surface area contributed by atoms with Crippen LogP contribution in [0.15, 0.2) is 0 Å². The first-order valence-corrected chi connectivity index (χ1v) is 17.5. The Bertz CT molecular complexity index is 1050. The van der Waals surface area contributed by atoms with Gasteiger partial charge in [0.2, 0.25) is 11.6 Å². The molecule has 8 unspecified atom stereocenters. The summed E-state index contributed by atoms with van der Waals surface area (Å²) in [5.41, 5.74) is -1.31. The molecule has 9 nitrogen and oxygen atoms in total. The molecule has 242 valence electrons. The normalized spacial score (nSPS) is 63.5. The van der Waals surface area contributed by atoms with E-state index in [1.807, 2.05) is 13.8 Å². The van der Waals surface area contributed by atoms with Gasteiger partial charge in [-0.05, 0) is 87.9 Å². The molecule has 9 aliphatic heterocycles. The monoisotopic (exact) mass is 604 g/mol. The number of rotatable bonds is 4. The molecule has 17 atom stereocenters. The topological polar surface area (TPSA) is 86.4 Å².